The molecule has 1 aliphatic rings. The molecule has 1 aromatic heterocycles. The van der Waals surface area contributed by atoms with Gasteiger partial charge in [0.2, 0.25) is 0 Å². The lowest BCUT2D eigenvalue weighted by atomic mass is 9.97. The van der Waals surface area contributed by atoms with Gasteiger partial charge in [0, 0.05) is 19.0 Å². The van der Waals surface area contributed by atoms with Crippen molar-refractivity contribution in [2.45, 2.75) is 25.4 Å². The van der Waals surface area contributed by atoms with Crippen LogP contribution in [0.25, 0.3) is 0 Å². The van der Waals surface area contributed by atoms with Crippen LogP contribution in [0.15, 0.2) is 59.1 Å². The van der Waals surface area contributed by atoms with Crippen LogP contribution in [-0.2, 0) is 11.4 Å². The Morgan fingerprint density at radius 3 is 2.77 bits per heavy atom. The molecule has 156 valence electrons. The van der Waals surface area contributed by atoms with Crippen molar-refractivity contribution in [3.63, 3.8) is 0 Å². The number of hydrogen-bond acceptors (Lipinski definition) is 6. The third kappa shape index (κ3) is 4.94. The number of rotatable bonds is 7. The van der Waals surface area contributed by atoms with Gasteiger partial charge in [-0.05, 0) is 37.1 Å². The van der Waals surface area contributed by atoms with Crippen molar-refractivity contribution in [3.8, 4) is 11.5 Å². The molecule has 1 fully saturated rings. The average molecular weight is 411 g/mol. The molecule has 7 nitrogen and oxygen atoms in total. The molecule has 1 aliphatic heterocycles. The van der Waals surface area contributed by atoms with Gasteiger partial charge in [-0.1, -0.05) is 35.5 Å². The Morgan fingerprint density at radius 2 is 1.93 bits per heavy atom. The van der Waals surface area contributed by atoms with Crippen LogP contribution in [0.5, 0.6) is 11.5 Å². The van der Waals surface area contributed by atoms with E-state index >= 15 is 0 Å². The highest BCUT2D eigenvalue weighted by Crippen LogP contribution is 2.25. The van der Waals surface area contributed by atoms with Crippen molar-refractivity contribution < 1.29 is 23.2 Å². The Bertz CT molecular complexity index is 979. The van der Waals surface area contributed by atoms with Gasteiger partial charge >= 0.3 is 0 Å². The van der Waals surface area contributed by atoms with Gasteiger partial charge in [-0.15, -0.1) is 0 Å². The molecule has 30 heavy (non-hydrogen) atoms. The molecule has 0 bridgehead atoms. The maximum Gasteiger partial charge on any atom is 0.264 e. The number of halogens is 1. The van der Waals surface area contributed by atoms with E-state index < -0.39 is 5.82 Å². The first-order chi connectivity index (χ1) is 14.7. The van der Waals surface area contributed by atoms with E-state index in [0.717, 1.165) is 12.8 Å². The van der Waals surface area contributed by atoms with Crippen molar-refractivity contribution >= 4 is 5.91 Å². The number of piperidine rings is 1. The monoisotopic (exact) mass is 411 g/mol. The maximum absolute atomic E-state index is 13.6. The van der Waals surface area contributed by atoms with E-state index in [2.05, 4.69) is 10.1 Å². The fraction of sp³-hybridized carbons (Fsp3) is 0.318. The minimum atomic E-state index is -0.448. The molecule has 0 aliphatic carbocycles. The number of para-hydroxylation sites is 2. The molecule has 2 heterocycles. The summed E-state index contributed by atoms with van der Waals surface area (Å²) in [5.74, 6) is 1.05. The zero-order chi connectivity index (χ0) is 20.8. The summed E-state index contributed by atoms with van der Waals surface area (Å²) in [4.78, 5) is 18.7. The smallest absolute Gasteiger partial charge is 0.264 e. The second-order valence-corrected chi connectivity index (χ2v) is 7.05. The second kappa shape index (κ2) is 9.39. The van der Waals surface area contributed by atoms with Gasteiger partial charge in [-0.3, -0.25) is 4.79 Å². The summed E-state index contributed by atoms with van der Waals surface area (Å²) in [6.45, 7) is 1.15. The minimum absolute atomic E-state index is 0.00922. The highest BCUT2D eigenvalue weighted by molar-refractivity contribution is 5.78. The van der Waals surface area contributed by atoms with Crippen LogP contribution < -0.4 is 9.47 Å². The van der Waals surface area contributed by atoms with Gasteiger partial charge in [0.1, 0.15) is 5.75 Å². The Kier molecular flexibility index (Phi) is 6.22. The van der Waals surface area contributed by atoms with Crippen molar-refractivity contribution in [2.75, 3.05) is 19.7 Å². The zero-order valence-corrected chi connectivity index (χ0v) is 16.4. The molecule has 0 spiro atoms. The number of carbonyl (C=O) groups is 1. The van der Waals surface area contributed by atoms with Crippen molar-refractivity contribution in [2.24, 2.45) is 0 Å². The van der Waals surface area contributed by atoms with Crippen LogP contribution in [0.3, 0.4) is 0 Å². The van der Waals surface area contributed by atoms with Crippen molar-refractivity contribution in [3.05, 3.63) is 72.1 Å². The van der Waals surface area contributed by atoms with E-state index in [4.69, 9.17) is 14.0 Å². The fourth-order valence-corrected chi connectivity index (χ4v) is 3.36. The lowest BCUT2D eigenvalue weighted by Gasteiger charge is -2.31. The summed E-state index contributed by atoms with van der Waals surface area (Å²) < 4.78 is 29.8. The number of nitrogens with zero attached hydrogens (tertiary/aromatic N) is 3. The van der Waals surface area contributed by atoms with E-state index in [9.17, 15) is 9.18 Å². The molecule has 2 aromatic carbocycles. The number of likely N-dealkylation sites (tertiary alicyclic amines) is 1. The topological polar surface area (TPSA) is 77.7 Å². The first kappa shape index (κ1) is 19.9. The van der Waals surface area contributed by atoms with Crippen molar-refractivity contribution in [1.29, 1.82) is 0 Å². The summed E-state index contributed by atoms with van der Waals surface area (Å²) in [6.07, 6.45) is 1.70. The van der Waals surface area contributed by atoms with E-state index in [-0.39, 0.29) is 36.7 Å². The van der Waals surface area contributed by atoms with Gasteiger partial charge in [0.25, 0.3) is 11.8 Å². The van der Waals surface area contributed by atoms with E-state index in [1.165, 1.54) is 12.1 Å². The highest BCUT2D eigenvalue weighted by Gasteiger charge is 2.28. The Morgan fingerprint density at radius 1 is 1.13 bits per heavy atom. The largest absolute Gasteiger partial charge is 0.484 e. The molecule has 1 atom stereocenters. The molecule has 1 saturated heterocycles. The normalized spacial score (nSPS) is 16.3. The quantitative estimate of drug-likeness (QED) is 0.592. The molecular formula is C22H22FN3O4. The summed E-state index contributed by atoms with van der Waals surface area (Å²) in [6, 6.07) is 15.4. The van der Waals surface area contributed by atoms with Crippen molar-refractivity contribution in [1.82, 2.24) is 15.0 Å². The number of aromatic nitrogens is 2. The molecule has 8 heteroatoms. The predicted molar refractivity (Wildman–Crippen MR) is 106 cm³/mol. The van der Waals surface area contributed by atoms with Crippen LogP contribution >= 0.6 is 0 Å². The Balaban J connectivity index is 1.31. The second-order valence-electron chi connectivity index (χ2n) is 7.05. The van der Waals surface area contributed by atoms with Gasteiger partial charge in [0.05, 0.1) is 0 Å². The molecule has 3 aromatic rings. The van der Waals surface area contributed by atoms with E-state index in [0.29, 0.717) is 24.7 Å². The molecule has 0 saturated carbocycles. The number of hydrogen-bond donors (Lipinski definition) is 0. The van der Waals surface area contributed by atoms with E-state index in [1.807, 2.05) is 30.3 Å². The standard InChI is InChI=1S/C22H22FN3O4/c23-18-10-4-5-11-19(18)29-14-20-24-22(25-30-20)16-7-6-12-26(13-16)21(27)15-28-17-8-2-1-3-9-17/h1-5,8-11,16H,6-7,12-15H2. The third-order valence-electron chi connectivity index (χ3n) is 4.92. The Hall–Kier alpha value is -3.42. The molecule has 0 N–H and O–H groups in total. The van der Waals surface area contributed by atoms with Gasteiger partial charge in [0.15, 0.2) is 30.6 Å². The molecule has 1 unspecified atom stereocenters. The first-order valence-electron chi connectivity index (χ1n) is 9.84. The maximum atomic E-state index is 13.6. The summed E-state index contributed by atoms with van der Waals surface area (Å²) in [7, 11) is 0. The molecule has 1 amide bonds. The van der Waals surface area contributed by atoms with Crippen LogP contribution in [0, 0.1) is 5.82 Å². The van der Waals surface area contributed by atoms with Gasteiger partial charge in [-0.25, -0.2) is 4.39 Å². The summed E-state index contributed by atoms with van der Waals surface area (Å²) in [5.41, 5.74) is 0. The Labute approximate surface area is 173 Å². The highest BCUT2D eigenvalue weighted by atomic mass is 19.1. The van der Waals surface area contributed by atoms with E-state index in [1.54, 1.807) is 17.0 Å². The number of benzene rings is 2. The predicted octanol–water partition coefficient (Wildman–Crippen LogP) is 3.57. The van der Waals surface area contributed by atoms with Crippen LogP contribution in [0.1, 0.15) is 30.5 Å². The summed E-state index contributed by atoms with van der Waals surface area (Å²) >= 11 is 0. The van der Waals surface area contributed by atoms with Crippen LogP contribution in [0.4, 0.5) is 4.39 Å². The lowest BCUT2D eigenvalue weighted by Crippen LogP contribution is -2.41. The third-order valence-corrected chi connectivity index (χ3v) is 4.92. The molecule has 4 rings (SSSR count). The van der Waals surface area contributed by atoms with Crippen LogP contribution in [-0.4, -0.2) is 40.6 Å². The average Bonchev–Trinajstić information content (AvgIpc) is 3.27. The zero-order valence-electron chi connectivity index (χ0n) is 16.4. The number of carbonyl (C=O) groups excluding carboxylic acids is 1. The van der Waals surface area contributed by atoms with Gasteiger partial charge in [-0.2, -0.15) is 4.98 Å². The van der Waals surface area contributed by atoms with Crippen LogP contribution in [0.2, 0.25) is 0 Å². The summed E-state index contributed by atoms with van der Waals surface area (Å²) in [5, 5.41) is 4.03. The fourth-order valence-electron chi connectivity index (χ4n) is 3.36. The number of ether oxygens (including phenoxy) is 2. The molecule has 0 radical (unpaired) electrons. The lowest BCUT2D eigenvalue weighted by molar-refractivity contribution is -0.134. The first-order valence-corrected chi connectivity index (χ1v) is 9.84. The minimum Gasteiger partial charge on any atom is -0.484 e. The SMILES string of the molecule is O=C(COc1ccccc1)N1CCCC(c2noc(COc3ccccc3F)n2)C1. The van der Waals surface area contributed by atoms with Gasteiger partial charge < -0.3 is 18.9 Å². The number of amides is 1. The molecular weight excluding hydrogens is 389 g/mol.